The fourth-order valence-corrected chi connectivity index (χ4v) is 2.14. The van der Waals surface area contributed by atoms with Crippen molar-refractivity contribution >= 4 is 0 Å². The molecule has 0 aliphatic carbocycles. The number of para-hydroxylation sites is 1. The lowest BCUT2D eigenvalue weighted by Gasteiger charge is -2.17. The maximum Gasteiger partial charge on any atom is 0.164 e. The van der Waals surface area contributed by atoms with E-state index >= 15 is 0 Å². The van der Waals surface area contributed by atoms with E-state index in [1.165, 1.54) is 0 Å². The summed E-state index contributed by atoms with van der Waals surface area (Å²) in [6, 6.07) is 9.89. The highest BCUT2D eigenvalue weighted by Gasteiger charge is 2.12. The Bertz CT molecular complexity index is 556. The molecule has 1 atom stereocenters. The average Bonchev–Trinajstić information content (AvgIpc) is 2.47. The van der Waals surface area contributed by atoms with Crippen molar-refractivity contribution in [3.63, 3.8) is 0 Å². The molecule has 0 aliphatic heterocycles. The van der Waals surface area contributed by atoms with Gasteiger partial charge in [0.05, 0.1) is 6.61 Å². The summed E-state index contributed by atoms with van der Waals surface area (Å²) in [5, 5.41) is 0. The maximum absolute atomic E-state index is 5.99. The Morgan fingerprint density at radius 2 is 2.05 bits per heavy atom. The molecule has 1 aromatic heterocycles. The third kappa shape index (κ3) is 4.46. The quantitative estimate of drug-likeness (QED) is 0.850. The Morgan fingerprint density at radius 1 is 1.19 bits per heavy atom. The summed E-state index contributed by atoms with van der Waals surface area (Å²) >= 11 is 0. The lowest BCUT2D eigenvalue weighted by Crippen LogP contribution is -2.18. The van der Waals surface area contributed by atoms with E-state index in [9.17, 15) is 0 Å². The van der Waals surface area contributed by atoms with E-state index in [0.29, 0.717) is 13.2 Å². The van der Waals surface area contributed by atoms with Gasteiger partial charge in [0.1, 0.15) is 6.61 Å². The average molecular weight is 286 g/mol. The minimum Gasteiger partial charge on any atom is -0.490 e. The SMILES string of the molecule is CCOc1cccc(CC(C)N)c1OCc1cccnc1. The van der Waals surface area contributed by atoms with Crippen LogP contribution in [0.1, 0.15) is 25.0 Å². The number of benzene rings is 1. The molecule has 0 aliphatic rings. The molecule has 4 heteroatoms. The van der Waals surface area contributed by atoms with Crippen LogP contribution in [0.3, 0.4) is 0 Å². The van der Waals surface area contributed by atoms with Crippen LogP contribution in [0.15, 0.2) is 42.7 Å². The highest BCUT2D eigenvalue weighted by Crippen LogP contribution is 2.32. The van der Waals surface area contributed by atoms with Crippen LogP contribution < -0.4 is 15.2 Å². The first-order valence-corrected chi connectivity index (χ1v) is 7.22. The fraction of sp³-hybridized carbons (Fsp3) is 0.353. The number of pyridine rings is 1. The Balaban J connectivity index is 2.21. The molecule has 1 heterocycles. The summed E-state index contributed by atoms with van der Waals surface area (Å²) < 4.78 is 11.7. The second-order valence-electron chi connectivity index (χ2n) is 5.01. The summed E-state index contributed by atoms with van der Waals surface area (Å²) in [6.07, 6.45) is 4.30. The van der Waals surface area contributed by atoms with Gasteiger partial charge in [-0.15, -0.1) is 0 Å². The van der Waals surface area contributed by atoms with Crippen LogP contribution >= 0.6 is 0 Å². The van der Waals surface area contributed by atoms with Crippen LogP contribution in [-0.4, -0.2) is 17.6 Å². The van der Waals surface area contributed by atoms with Crippen molar-refractivity contribution in [1.82, 2.24) is 4.98 Å². The number of ether oxygens (including phenoxy) is 2. The lowest BCUT2D eigenvalue weighted by molar-refractivity contribution is 0.266. The minimum absolute atomic E-state index is 0.0719. The van der Waals surface area contributed by atoms with E-state index in [2.05, 4.69) is 4.98 Å². The standard InChI is InChI=1S/C17H22N2O2/c1-3-20-16-8-4-7-15(10-13(2)18)17(16)21-12-14-6-5-9-19-11-14/h4-9,11,13H,3,10,12,18H2,1-2H3. The van der Waals surface area contributed by atoms with Gasteiger partial charge in [-0.3, -0.25) is 4.98 Å². The molecule has 21 heavy (non-hydrogen) atoms. The van der Waals surface area contributed by atoms with Gasteiger partial charge in [0.15, 0.2) is 11.5 Å². The summed E-state index contributed by atoms with van der Waals surface area (Å²) in [5.74, 6) is 1.54. The highest BCUT2D eigenvalue weighted by molar-refractivity contribution is 5.47. The van der Waals surface area contributed by atoms with Gasteiger partial charge in [0.2, 0.25) is 0 Å². The molecule has 0 bridgehead atoms. The molecule has 112 valence electrons. The number of nitrogens with zero attached hydrogens (tertiary/aromatic N) is 1. The van der Waals surface area contributed by atoms with Crippen molar-refractivity contribution in [3.8, 4) is 11.5 Å². The van der Waals surface area contributed by atoms with E-state index in [0.717, 1.165) is 29.0 Å². The largest absolute Gasteiger partial charge is 0.490 e. The molecule has 2 aromatic rings. The van der Waals surface area contributed by atoms with Gasteiger partial charge in [0.25, 0.3) is 0 Å². The summed E-state index contributed by atoms with van der Waals surface area (Å²) in [4.78, 5) is 4.10. The Hall–Kier alpha value is -2.07. The van der Waals surface area contributed by atoms with Gasteiger partial charge in [-0.25, -0.2) is 0 Å². The van der Waals surface area contributed by atoms with E-state index in [1.807, 2.05) is 44.2 Å². The smallest absolute Gasteiger partial charge is 0.164 e. The maximum atomic E-state index is 5.99. The molecular weight excluding hydrogens is 264 g/mol. The second kappa shape index (κ2) is 7.64. The number of rotatable bonds is 7. The zero-order chi connectivity index (χ0) is 15.1. The van der Waals surface area contributed by atoms with Gasteiger partial charge in [-0.05, 0) is 38.0 Å². The monoisotopic (exact) mass is 286 g/mol. The van der Waals surface area contributed by atoms with Crippen LogP contribution in [0.4, 0.5) is 0 Å². The third-order valence-corrected chi connectivity index (χ3v) is 3.01. The summed E-state index contributed by atoms with van der Waals surface area (Å²) in [6.45, 7) is 5.01. The van der Waals surface area contributed by atoms with Gasteiger partial charge in [0, 0.05) is 24.0 Å². The summed E-state index contributed by atoms with van der Waals surface area (Å²) in [5.41, 5.74) is 8.01. The second-order valence-corrected chi connectivity index (χ2v) is 5.01. The Labute approximate surface area is 125 Å². The Morgan fingerprint density at radius 3 is 2.71 bits per heavy atom. The van der Waals surface area contributed by atoms with Crippen LogP contribution in [0, 0.1) is 0 Å². The summed E-state index contributed by atoms with van der Waals surface area (Å²) in [7, 11) is 0. The molecule has 2 N–H and O–H groups in total. The molecule has 4 nitrogen and oxygen atoms in total. The Kier molecular flexibility index (Phi) is 5.58. The third-order valence-electron chi connectivity index (χ3n) is 3.01. The van der Waals surface area contributed by atoms with Crippen molar-refractivity contribution in [2.45, 2.75) is 32.9 Å². The molecule has 0 amide bonds. The zero-order valence-corrected chi connectivity index (χ0v) is 12.6. The number of nitrogens with two attached hydrogens (primary N) is 1. The van der Waals surface area contributed by atoms with Gasteiger partial charge >= 0.3 is 0 Å². The molecule has 0 fully saturated rings. The lowest BCUT2D eigenvalue weighted by atomic mass is 10.1. The van der Waals surface area contributed by atoms with Gasteiger partial charge in [-0.2, -0.15) is 0 Å². The number of hydrogen-bond acceptors (Lipinski definition) is 4. The number of aromatic nitrogens is 1. The number of hydrogen-bond donors (Lipinski definition) is 1. The van der Waals surface area contributed by atoms with Crippen LogP contribution in [0.25, 0.3) is 0 Å². The van der Waals surface area contributed by atoms with E-state index in [1.54, 1.807) is 12.4 Å². The molecule has 0 spiro atoms. The normalized spacial score (nSPS) is 12.0. The predicted molar refractivity (Wildman–Crippen MR) is 83.5 cm³/mol. The first kappa shape index (κ1) is 15.3. The first-order chi connectivity index (χ1) is 10.2. The van der Waals surface area contributed by atoms with E-state index in [-0.39, 0.29) is 6.04 Å². The highest BCUT2D eigenvalue weighted by atomic mass is 16.5. The fourth-order valence-electron chi connectivity index (χ4n) is 2.14. The van der Waals surface area contributed by atoms with Gasteiger partial charge in [-0.1, -0.05) is 18.2 Å². The first-order valence-electron chi connectivity index (χ1n) is 7.22. The molecule has 0 saturated heterocycles. The van der Waals surface area contributed by atoms with Crippen molar-refractivity contribution in [2.24, 2.45) is 5.73 Å². The van der Waals surface area contributed by atoms with Crippen LogP contribution in [-0.2, 0) is 13.0 Å². The predicted octanol–water partition coefficient (Wildman–Crippen LogP) is 2.95. The van der Waals surface area contributed by atoms with E-state index in [4.69, 9.17) is 15.2 Å². The zero-order valence-electron chi connectivity index (χ0n) is 12.6. The molecule has 0 radical (unpaired) electrons. The topological polar surface area (TPSA) is 57.4 Å². The van der Waals surface area contributed by atoms with Crippen molar-refractivity contribution in [1.29, 1.82) is 0 Å². The van der Waals surface area contributed by atoms with Gasteiger partial charge < -0.3 is 15.2 Å². The molecule has 0 saturated carbocycles. The molecule has 1 unspecified atom stereocenters. The molecule has 1 aromatic carbocycles. The van der Waals surface area contributed by atoms with Crippen molar-refractivity contribution in [3.05, 3.63) is 53.9 Å². The van der Waals surface area contributed by atoms with Crippen LogP contribution in [0.5, 0.6) is 11.5 Å². The molecule has 2 rings (SSSR count). The molecular formula is C17H22N2O2. The van der Waals surface area contributed by atoms with Crippen molar-refractivity contribution in [2.75, 3.05) is 6.61 Å². The minimum atomic E-state index is 0.0719. The van der Waals surface area contributed by atoms with Crippen LogP contribution in [0.2, 0.25) is 0 Å². The van der Waals surface area contributed by atoms with Crippen molar-refractivity contribution < 1.29 is 9.47 Å². The van der Waals surface area contributed by atoms with E-state index < -0.39 is 0 Å².